The van der Waals surface area contributed by atoms with Crippen molar-refractivity contribution in [3.05, 3.63) is 179 Å². The Morgan fingerprint density at radius 1 is 0.484 bits per heavy atom. The van der Waals surface area contributed by atoms with E-state index in [1.165, 1.54) is 14.0 Å². The average Bonchev–Trinajstić information content (AvgIpc) is 3.30. The van der Waals surface area contributed by atoms with E-state index >= 15 is 0 Å². The molecular weight excluding hydrogens is 793 g/mol. The number of ether oxygens (including phenoxy) is 10. The molecule has 2 aliphatic rings. The maximum atomic E-state index is 12.9. The minimum atomic E-state index is -1.38. The van der Waals surface area contributed by atoms with Gasteiger partial charge in [-0.2, -0.15) is 0 Å². The Balaban J connectivity index is 1.25. The standard InChI is InChI=1S/C50H56O12/c1-35(51)59-43-42(34-55-29-37-20-10-4-11-21-37)61-50(48(58-32-40-26-16-7-17-27-40)46(43)57-31-39-24-14-6-15-25-39)62-44-41(33-54-28-36-18-8-3-9-19-36)60-49(52)47(53-2)45(44)56-30-38-22-12-5-13-23-38/h3-27,41-50,52H,28-34H2,1-2H3/t41-,42-,43+,44-,45+,46+,47-,48-,49+,50+/m1/s1. The molecule has 7 rings (SSSR count). The summed E-state index contributed by atoms with van der Waals surface area (Å²) in [5, 5.41) is 11.4. The smallest absolute Gasteiger partial charge is 0.303 e. The van der Waals surface area contributed by atoms with Crippen molar-refractivity contribution in [2.45, 2.75) is 101 Å². The average molecular weight is 849 g/mol. The van der Waals surface area contributed by atoms with Gasteiger partial charge in [0.2, 0.25) is 0 Å². The lowest BCUT2D eigenvalue weighted by Crippen LogP contribution is -2.66. The molecule has 62 heavy (non-hydrogen) atoms. The third-order valence-electron chi connectivity index (χ3n) is 10.7. The normalized spacial score (nSPS) is 26.2. The Hall–Kier alpha value is -4.83. The minimum absolute atomic E-state index is 0.0153. The Morgan fingerprint density at radius 3 is 1.26 bits per heavy atom. The maximum absolute atomic E-state index is 12.9. The van der Waals surface area contributed by atoms with Crippen molar-refractivity contribution in [3.63, 3.8) is 0 Å². The third kappa shape index (κ3) is 12.9. The Morgan fingerprint density at radius 2 is 0.855 bits per heavy atom. The van der Waals surface area contributed by atoms with Gasteiger partial charge in [-0.25, -0.2) is 0 Å². The van der Waals surface area contributed by atoms with Gasteiger partial charge < -0.3 is 52.5 Å². The van der Waals surface area contributed by atoms with Gasteiger partial charge in [0.15, 0.2) is 18.7 Å². The lowest BCUT2D eigenvalue weighted by atomic mass is 9.96. The van der Waals surface area contributed by atoms with Crippen molar-refractivity contribution in [2.75, 3.05) is 20.3 Å². The van der Waals surface area contributed by atoms with Gasteiger partial charge in [-0.3, -0.25) is 4.79 Å². The summed E-state index contributed by atoms with van der Waals surface area (Å²) in [6.07, 6.45) is -10.0. The van der Waals surface area contributed by atoms with Gasteiger partial charge in [0.25, 0.3) is 0 Å². The topological polar surface area (TPSA) is 130 Å². The lowest BCUT2D eigenvalue weighted by Gasteiger charge is -2.49. The molecule has 5 aromatic carbocycles. The zero-order valence-corrected chi connectivity index (χ0v) is 35.1. The van der Waals surface area contributed by atoms with E-state index in [1.54, 1.807) is 0 Å². The van der Waals surface area contributed by atoms with Gasteiger partial charge in [-0.05, 0) is 27.8 Å². The van der Waals surface area contributed by atoms with Crippen LogP contribution in [0.2, 0.25) is 0 Å². The molecule has 0 aromatic heterocycles. The minimum Gasteiger partial charge on any atom is -0.457 e. The second-order valence-corrected chi connectivity index (χ2v) is 15.3. The predicted molar refractivity (Wildman–Crippen MR) is 228 cm³/mol. The molecule has 0 saturated carbocycles. The van der Waals surface area contributed by atoms with E-state index in [4.69, 9.17) is 47.4 Å². The van der Waals surface area contributed by atoms with Crippen molar-refractivity contribution < 1.29 is 57.3 Å². The van der Waals surface area contributed by atoms with E-state index in [9.17, 15) is 9.90 Å². The van der Waals surface area contributed by atoms with E-state index < -0.39 is 67.4 Å². The van der Waals surface area contributed by atoms with Crippen LogP contribution >= 0.6 is 0 Å². The number of rotatable bonds is 21. The van der Waals surface area contributed by atoms with E-state index in [-0.39, 0.29) is 46.2 Å². The van der Waals surface area contributed by atoms with Crippen molar-refractivity contribution in [3.8, 4) is 0 Å². The summed E-state index contributed by atoms with van der Waals surface area (Å²) in [5.41, 5.74) is 4.63. The molecule has 0 radical (unpaired) electrons. The first-order chi connectivity index (χ1) is 30.4. The second-order valence-electron chi connectivity index (χ2n) is 15.3. The fourth-order valence-electron chi connectivity index (χ4n) is 7.65. The van der Waals surface area contributed by atoms with Crippen LogP contribution in [-0.4, -0.2) is 92.8 Å². The molecule has 0 bridgehead atoms. The third-order valence-corrected chi connectivity index (χ3v) is 10.7. The molecule has 2 aliphatic heterocycles. The molecule has 0 aliphatic carbocycles. The number of esters is 1. The summed E-state index contributed by atoms with van der Waals surface area (Å²) in [7, 11) is 1.49. The number of methoxy groups -OCH3 is 1. The van der Waals surface area contributed by atoms with Crippen LogP contribution in [0.1, 0.15) is 34.7 Å². The van der Waals surface area contributed by atoms with E-state index in [1.807, 2.05) is 152 Å². The molecule has 2 fully saturated rings. The van der Waals surface area contributed by atoms with Gasteiger partial charge in [0, 0.05) is 14.0 Å². The van der Waals surface area contributed by atoms with Crippen molar-refractivity contribution in [1.29, 1.82) is 0 Å². The highest BCUT2D eigenvalue weighted by molar-refractivity contribution is 5.66. The SMILES string of the molecule is CO[C@@H]1[C@@H](OCc2ccccc2)[C@H](O[C@@H]2O[C@H](COCc3ccccc3)[C@H](OC(C)=O)[C@H](OCc3ccccc3)[C@H]2OCc2ccccc2)[C@@H](COCc2ccccc2)O[C@@H]1O. The van der Waals surface area contributed by atoms with Crippen LogP contribution in [0, 0.1) is 0 Å². The van der Waals surface area contributed by atoms with Crippen molar-refractivity contribution in [1.82, 2.24) is 0 Å². The number of hydrogen-bond acceptors (Lipinski definition) is 12. The van der Waals surface area contributed by atoms with Crippen molar-refractivity contribution in [2.24, 2.45) is 0 Å². The molecule has 10 atom stereocenters. The summed E-state index contributed by atoms with van der Waals surface area (Å²) in [4.78, 5) is 12.9. The van der Waals surface area contributed by atoms with E-state index in [0.717, 1.165) is 27.8 Å². The zero-order chi connectivity index (χ0) is 42.9. The zero-order valence-electron chi connectivity index (χ0n) is 35.1. The highest BCUT2D eigenvalue weighted by Crippen LogP contribution is 2.36. The van der Waals surface area contributed by atoms with Crippen molar-refractivity contribution >= 4 is 5.97 Å². The van der Waals surface area contributed by atoms with E-state index in [2.05, 4.69) is 0 Å². The van der Waals surface area contributed by atoms with Gasteiger partial charge in [-0.1, -0.05) is 152 Å². The van der Waals surface area contributed by atoms with Crippen LogP contribution in [0.3, 0.4) is 0 Å². The first-order valence-corrected chi connectivity index (χ1v) is 21.0. The van der Waals surface area contributed by atoms with Gasteiger partial charge in [0.05, 0.1) is 46.2 Å². The maximum Gasteiger partial charge on any atom is 0.303 e. The van der Waals surface area contributed by atoms with Crippen LogP contribution in [0.15, 0.2) is 152 Å². The largest absolute Gasteiger partial charge is 0.457 e. The van der Waals surface area contributed by atoms with Crippen LogP contribution < -0.4 is 0 Å². The molecule has 12 nitrogen and oxygen atoms in total. The first-order valence-electron chi connectivity index (χ1n) is 21.0. The molecule has 12 heteroatoms. The summed E-state index contributed by atoms with van der Waals surface area (Å²) in [5.74, 6) is -0.524. The summed E-state index contributed by atoms with van der Waals surface area (Å²) >= 11 is 0. The summed E-state index contributed by atoms with van der Waals surface area (Å²) in [6, 6.07) is 48.6. The van der Waals surface area contributed by atoms with Gasteiger partial charge >= 0.3 is 5.97 Å². The molecule has 2 saturated heterocycles. The van der Waals surface area contributed by atoms with Crippen LogP contribution in [-0.2, 0) is 85.2 Å². The fourth-order valence-corrected chi connectivity index (χ4v) is 7.65. The van der Waals surface area contributed by atoms with E-state index in [0.29, 0.717) is 0 Å². The molecule has 5 aromatic rings. The quantitative estimate of drug-likeness (QED) is 0.0768. The first kappa shape index (κ1) is 45.2. The Kier molecular flexibility index (Phi) is 17.2. The summed E-state index contributed by atoms with van der Waals surface area (Å²) in [6.45, 7) is 2.46. The van der Waals surface area contributed by atoms with Gasteiger partial charge in [-0.15, -0.1) is 0 Å². The van der Waals surface area contributed by atoms with Crippen LogP contribution in [0.4, 0.5) is 0 Å². The molecule has 0 spiro atoms. The number of benzene rings is 5. The number of hydrogen-bond donors (Lipinski definition) is 1. The van der Waals surface area contributed by atoms with Crippen LogP contribution in [0.5, 0.6) is 0 Å². The number of carbonyl (C=O) groups excluding carboxylic acids is 1. The van der Waals surface area contributed by atoms with Crippen LogP contribution in [0.25, 0.3) is 0 Å². The highest BCUT2D eigenvalue weighted by Gasteiger charge is 2.54. The predicted octanol–water partition coefficient (Wildman–Crippen LogP) is 6.95. The van der Waals surface area contributed by atoms with Gasteiger partial charge in [0.1, 0.15) is 42.7 Å². The highest BCUT2D eigenvalue weighted by atomic mass is 16.8. The molecule has 2 heterocycles. The monoisotopic (exact) mass is 848 g/mol. The second kappa shape index (κ2) is 23.6. The molecule has 0 unspecified atom stereocenters. The molecule has 328 valence electrons. The number of aliphatic hydroxyl groups is 1. The Bertz CT molecular complexity index is 2010. The lowest BCUT2D eigenvalue weighted by molar-refractivity contribution is -0.370. The molecule has 1 N–H and O–H groups in total. The molecular formula is C50H56O12. The number of carbonyl (C=O) groups is 1. The molecule has 0 amide bonds. The number of aliphatic hydroxyl groups excluding tert-OH is 1. The Labute approximate surface area is 363 Å². The fraction of sp³-hybridized carbons (Fsp3) is 0.380. The summed E-state index contributed by atoms with van der Waals surface area (Å²) < 4.78 is 64.9.